The Morgan fingerprint density at radius 3 is 2.31 bits per heavy atom. The highest BCUT2D eigenvalue weighted by Crippen LogP contribution is 2.18. The van der Waals surface area contributed by atoms with Crippen LogP contribution in [0.5, 0.6) is 0 Å². The summed E-state index contributed by atoms with van der Waals surface area (Å²) in [5, 5.41) is 17.2. The first-order valence-electron chi connectivity index (χ1n) is 9.16. The van der Waals surface area contributed by atoms with Crippen molar-refractivity contribution in [1.82, 2.24) is 9.88 Å². The quantitative estimate of drug-likeness (QED) is 0.636. The second-order valence-corrected chi connectivity index (χ2v) is 8.47. The first-order chi connectivity index (χ1) is 13.5. The van der Waals surface area contributed by atoms with E-state index in [9.17, 15) is 19.5 Å². The van der Waals surface area contributed by atoms with Gasteiger partial charge in [0.25, 0.3) is 0 Å². The minimum Gasteiger partial charge on any atom is -0.465 e. The number of nitrogens with one attached hydrogen (secondary N) is 2. The van der Waals surface area contributed by atoms with Gasteiger partial charge in [-0.2, -0.15) is 0 Å². The predicted octanol–water partition coefficient (Wildman–Crippen LogP) is 3.60. The largest absolute Gasteiger partial charge is 0.465 e. The van der Waals surface area contributed by atoms with E-state index in [0.29, 0.717) is 10.8 Å². The molecule has 0 unspecified atom stereocenters. The van der Waals surface area contributed by atoms with Crippen molar-refractivity contribution in [2.24, 2.45) is 0 Å². The highest BCUT2D eigenvalue weighted by Gasteiger charge is 2.28. The number of thiazole rings is 1. The first kappa shape index (κ1) is 22.4. The zero-order valence-corrected chi connectivity index (χ0v) is 17.8. The lowest BCUT2D eigenvalue weighted by Gasteiger charge is -2.32. The van der Waals surface area contributed by atoms with Crippen molar-refractivity contribution >= 4 is 40.1 Å². The van der Waals surface area contributed by atoms with Crippen LogP contribution in [0.4, 0.5) is 15.6 Å². The van der Waals surface area contributed by atoms with Crippen molar-refractivity contribution in [3.8, 4) is 0 Å². The van der Waals surface area contributed by atoms with Crippen LogP contribution in [0.15, 0.2) is 29.6 Å². The molecule has 8 nitrogen and oxygen atoms in total. The number of aromatic nitrogens is 1. The molecule has 0 radical (unpaired) electrons. The summed E-state index contributed by atoms with van der Waals surface area (Å²) in [4.78, 5) is 40.0. The maximum Gasteiger partial charge on any atom is 0.408 e. The number of carboxylic acid groups (broad SMARTS) is 1. The summed E-state index contributed by atoms with van der Waals surface area (Å²) < 4.78 is 0. The van der Waals surface area contributed by atoms with Gasteiger partial charge in [0, 0.05) is 23.5 Å². The molecule has 0 saturated heterocycles. The van der Waals surface area contributed by atoms with E-state index in [1.54, 1.807) is 32.9 Å². The normalized spacial score (nSPS) is 11.0. The number of carbonyl (C=O) groups excluding carboxylic acids is 2. The molecule has 1 aromatic heterocycles. The number of rotatable bonds is 7. The molecular formula is C20H26N4O4S. The monoisotopic (exact) mass is 418 g/mol. The lowest BCUT2D eigenvalue weighted by molar-refractivity contribution is -0.118. The molecule has 0 bridgehead atoms. The fourth-order valence-corrected chi connectivity index (χ4v) is 3.38. The van der Waals surface area contributed by atoms with Gasteiger partial charge in [0.05, 0.1) is 5.69 Å². The predicted molar refractivity (Wildman–Crippen MR) is 113 cm³/mol. The maximum atomic E-state index is 12.2. The fourth-order valence-electron chi connectivity index (χ4n) is 2.59. The number of nitrogens with zero attached hydrogens (tertiary/aromatic N) is 2. The summed E-state index contributed by atoms with van der Waals surface area (Å²) in [7, 11) is 0. The third-order valence-corrected chi connectivity index (χ3v) is 4.89. The van der Waals surface area contributed by atoms with E-state index in [0.717, 1.165) is 29.0 Å². The summed E-state index contributed by atoms with van der Waals surface area (Å²) in [6.45, 7) is 6.44. The molecule has 9 heteroatoms. The smallest absolute Gasteiger partial charge is 0.408 e. The van der Waals surface area contributed by atoms with Crippen LogP contribution in [0.3, 0.4) is 0 Å². The van der Waals surface area contributed by atoms with E-state index >= 15 is 0 Å². The summed E-state index contributed by atoms with van der Waals surface area (Å²) in [5.74, 6) is -0.527. The fraction of sp³-hybridized carbons (Fsp3) is 0.400. The molecule has 3 amide bonds. The molecule has 0 fully saturated rings. The van der Waals surface area contributed by atoms with Gasteiger partial charge < -0.3 is 15.7 Å². The van der Waals surface area contributed by atoms with Gasteiger partial charge in [0.1, 0.15) is 6.54 Å². The molecule has 2 aromatic rings. The lowest BCUT2D eigenvalue weighted by atomic mass is 10.1. The summed E-state index contributed by atoms with van der Waals surface area (Å²) >= 11 is 1.39. The van der Waals surface area contributed by atoms with Crippen LogP contribution < -0.4 is 10.6 Å². The molecule has 156 valence electrons. The Hall–Kier alpha value is -2.94. The number of carbonyl (C=O) groups is 3. The molecule has 0 aliphatic rings. The molecule has 29 heavy (non-hydrogen) atoms. The maximum absolute atomic E-state index is 12.2. The van der Waals surface area contributed by atoms with E-state index in [-0.39, 0.29) is 18.4 Å². The van der Waals surface area contributed by atoms with Crippen molar-refractivity contribution in [2.45, 2.75) is 46.1 Å². The van der Waals surface area contributed by atoms with Crippen LogP contribution >= 0.6 is 11.3 Å². The number of amides is 3. The minimum absolute atomic E-state index is 0.141. The Kier molecular flexibility index (Phi) is 7.33. The van der Waals surface area contributed by atoms with Crippen LogP contribution in [-0.4, -0.2) is 45.0 Å². The summed E-state index contributed by atoms with van der Waals surface area (Å²) in [5.41, 5.74) is 1.94. The Labute approximate surface area is 174 Å². The van der Waals surface area contributed by atoms with Crippen molar-refractivity contribution < 1.29 is 19.5 Å². The zero-order valence-electron chi connectivity index (χ0n) is 17.0. The van der Waals surface area contributed by atoms with E-state index in [2.05, 4.69) is 15.6 Å². The molecule has 3 N–H and O–H groups in total. The van der Waals surface area contributed by atoms with Crippen molar-refractivity contribution in [2.75, 3.05) is 17.2 Å². The van der Waals surface area contributed by atoms with Crippen LogP contribution in [0, 0.1) is 0 Å². The van der Waals surface area contributed by atoms with Gasteiger partial charge in [-0.1, -0.05) is 12.1 Å². The Bertz CT molecular complexity index is 871. The molecule has 1 aromatic carbocycles. The van der Waals surface area contributed by atoms with Crippen molar-refractivity contribution in [1.29, 1.82) is 0 Å². The second kappa shape index (κ2) is 9.51. The summed E-state index contributed by atoms with van der Waals surface area (Å²) in [6, 6.07) is 7.41. The van der Waals surface area contributed by atoms with Crippen LogP contribution in [0.2, 0.25) is 0 Å². The third kappa shape index (κ3) is 7.19. The van der Waals surface area contributed by atoms with Gasteiger partial charge in [0.15, 0.2) is 5.13 Å². The molecule has 0 aliphatic carbocycles. The highest BCUT2D eigenvalue weighted by atomic mass is 32.1. The van der Waals surface area contributed by atoms with Gasteiger partial charge in [-0.3, -0.25) is 14.5 Å². The average molecular weight is 419 g/mol. The Morgan fingerprint density at radius 2 is 1.76 bits per heavy atom. The number of hydrogen-bond acceptors (Lipinski definition) is 5. The van der Waals surface area contributed by atoms with Gasteiger partial charge in [-0.15, -0.1) is 11.3 Å². The first-order valence-corrected chi connectivity index (χ1v) is 10.0. The molecule has 1 heterocycles. The average Bonchev–Trinajstić information content (AvgIpc) is 3.04. The Morgan fingerprint density at radius 1 is 1.10 bits per heavy atom. The lowest BCUT2D eigenvalue weighted by Crippen LogP contribution is -2.48. The van der Waals surface area contributed by atoms with Gasteiger partial charge >= 0.3 is 6.09 Å². The molecule has 0 atom stereocenters. The molecule has 0 spiro atoms. The number of anilines is 2. The number of aryl methyl sites for hydroxylation is 2. The van der Waals surface area contributed by atoms with Crippen LogP contribution in [0.1, 0.15) is 39.0 Å². The molecule has 0 aliphatic heterocycles. The highest BCUT2D eigenvalue weighted by molar-refractivity contribution is 7.13. The zero-order chi connectivity index (χ0) is 21.6. The van der Waals surface area contributed by atoms with Gasteiger partial charge in [-0.25, -0.2) is 9.78 Å². The van der Waals surface area contributed by atoms with Gasteiger partial charge in [0.2, 0.25) is 11.8 Å². The number of benzene rings is 1. The molecule has 0 saturated carbocycles. The standard InChI is InChI=1S/C20H26N4O4S/c1-13(25)21-18-23-16(12-29-18)10-7-14-5-8-15(9-6-14)22-17(26)11-24(19(27)28)20(2,3)4/h5-6,8-9,12H,7,10-11H2,1-4H3,(H,22,26)(H,27,28)(H,21,23,25). The summed E-state index contributed by atoms with van der Waals surface area (Å²) in [6.07, 6.45) is 0.376. The second-order valence-electron chi connectivity index (χ2n) is 7.61. The van der Waals surface area contributed by atoms with E-state index < -0.39 is 11.6 Å². The van der Waals surface area contributed by atoms with Crippen LogP contribution in [-0.2, 0) is 22.4 Å². The van der Waals surface area contributed by atoms with Crippen molar-refractivity contribution in [3.05, 3.63) is 40.9 Å². The Balaban J connectivity index is 1.88. The van der Waals surface area contributed by atoms with E-state index in [4.69, 9.17) is 0 Å². The van der Waals surface area contributed by atoms with E-state index in [1.807, 2.05) is 17.5 Å². The van der Waals surface area contributed by atoms with Crippen LogP contribution in [0.25, 0.3) is 0 Å². The SMILES string of the molecule is CC(=O)Nc1nc(CCc2ccc(NC(=O)CN(C(=O)O)C(C)(C)C)cc2)cs1. The van der Waals surface area contributed by atoms with E-state index in [1.165, 1.54) is 18.3 Å². The molecule has 2 rings (SSSR count). The topological polar surface area (TPSA) is 112 Å². The molecular weight excluding hydrogens is 392 g/mol. The minimum atomic E-state index is -1.13. The van der Waals surface area contributed by atoms with Crippen molar-refractivity contribution in [3.63, 3.8) is 0 Å². The van der Waals surface area contributed by atoms with Gasteiger partial charge in [-0.05, 0) is 51.3 Å². The number of hydrogen-bond donors (Lipinski definition) is 3. The third-order valence-electron chi connectivity index (χ3n) is 4.08.